The molecule has 0 radical (unpaired) electrons. The van der Waals surface area contributed by atoms with Gasteiger partial charge in [-0.1, -0.05) is 22.0 Å². The van der Waals surface area contributed by atoms with Gasteiger partial charge in [0.1, 0.15) is 5.75 Å². The largest absolute Gasteiger partial charge is 0.490 e. The van der Waals surface area contributed by atoms with Crippen molar-refractivity contribution in [3.63, 3.8) is 0 Å². The summed E-state index contributed by atoms with van der Waals surface area (Å²) in [5.74, 6) is 1.64. The van der Waals surface area contributed by atoms with Gasteiger partial charge in [-0.3, -0.25) is 9.63 Å². The van der Waals surface area contributed by atoms with Gasteiger partial charge in [0.15, 0.2) is 0 Å². The summed E-state index contributed by atoms with van der Waals surface area (Å²) in [7, 11) is 3.18. The Morgan fingerprint density at radius 1 is 1.30 bits per heavy atom. The van der Waals surface area contributed by atoms with Gasteiger partial charge >= 0.3 is 0 Å². The zero-order valence-corrected chi connectivity index (χ0v) is 15.8. The molecular formula is C18H26BrNO3. The van der Waals surface area contributed by atoms with Gasteiger partial charge < -0.3 is 4.74 Å². The molecule has 5 heteroatoms. The number of ether oxygens (including phenoxy) is 1. The van der Waals surface area contributed by atoms with Crippen LogP contribution < -0.4 is 4.74 Å². The van der Waals surface area contributed by atoms with E-state index in [1.165, 1.54) is 12.2 Å². The smallest absolute Gasteiger partial charge is 0.245 e. The van der Waals surface area contributed by atoms with Crippen LogP contribution in [0.5, 0.6) is 5.75 Å². The average Bonchev–Trinajstić information content (AvgIpc) is 2.57. The molecule has 23 heavy (non-hydrogen) atoms. The first-order valence-electron chi connectivity index (χ1n) is 8.23. The fourth-order valence-electron chi connectivity index (χ4n) is 3.02. The summed E-state index contributed by atoms with van der Waals surface area (Å²) in [4.78, 5) is 16.7. The predicted octanol–water partition coefficient (Wildman–Crippen LogP) is 4.50. The van der Waals surface area contributed by atoms with E-state index in [9.17, 15) is 4.79 Å². The summed E-state index contributed by atoms with van der Waals surface area (Å²) < 4.78 is 7.26. The SMILES string of the molecule is CON(C)C(=O)CCC1CCC(Oc2cccc(Br)c2C)CC1. The molecule has 1 aliphatic carbocycles. The molecule has 0 aromatic heterocycles. The lowest BCUT2D eigenvalue weighted by Gasteiger charge is -2.29. The van der Waals surface area contributed by atoms with E-state index in [1.54, 1.807) is 7.05 Å². The maximum atomic E-state index is 11.8. The van der Waals surface area contributed by atoms with Crippen molar-refractivity contribution in [3.8, 4) is 5.75 Å². The lowest BCUT2D eigenvalue weighted by atomic mass is 9.84. The van der Waals surface area contributed by atoms with Crippen LogP contribution in [-0.2, 0) is 9.63 Å². The highest BCUT2D eigenvalue weighted by atomic mass is 79.9. The van der Waals surface area contributed by atoms with Gasteiger partial charge in [0.25, 0.3) is 0 Å². The molecule has 1 aliphatic rings. The number of hydrogen-bond acceptors (Lipinski definition) is 3. The molecule has 0 heterocycles. The van der Waals surface area contributed by atoms with Crippen LogP contribution in [0.15, 0.2) is 22.7 Å². The van der Waals surface area contributed by atoms with Gasteiger partial charge in [-0.2, -0.15) is 0 Å². The number of carbonyl (C=O) groups is 1. The Balaban J connectivity index is 1.76. The van der Waals surface area contributed by atoms with Gasteiger partial charge in [-0.05, 0) is 57.1 Å². The maximum Gasteiger partial charge on any atom is 0.245 e. The number of carbonyl (C=O) groups excluding carboxylic acids is 1. The minimum atomic E-state index is 0.0515. The predicted molar refractivity (Wildman–Crippen MR) is 94.3 cm³/mol. The molecular weight excluding hydrogens is 358 g/mol. The van der Waals surface area contributed by atoms with Crippen molar-refractivity contribution in [2.75, 3.05) is 14.2 Å². The quantitative estimate of drug-likeness (QED) is 0.678. The molecule has 128 valence electrons. The summed E-state index contributed by atoms with van der Waals surface area (Å²) in [6.07, 6.45) is 6.16. The van der Waals surface area contributed by atoms with Crippen LogP contribution in [0.1, 0.15) is 44.1 Å². The molecule has 0 saturated heterocycles. The highest BCUT2D eigenvalue weighted by molar-refractivity contribution is 9.10. The number of hydrogen-bond donors (Lipinski definition) is 0. The van der Waals surface area contributed by atoms with E-state index in [1.807, 2.05) is 18.2 Å². The highest BCUT2D eigenvalue weighted by Crippen LogP contribution is 2.33. The number of nitrogens with zero attached hydrogens (tertiary/aromatic N) is 1. The third-order valence-corrected chi connectivity index (χ3v) is 5.56. The van der Waals surface area contributed by atoms with E-state index >= 15 is 0 Å². The Kier molecular flexibility index (Phi) is 6.90. The molecule has 0 N–H and O–H groups in total. The van der Waals surface area contributed by atoms with E-state index in [4.69, 9.17) is 9.57 Å². The van der Waals surface area contributed by atoms with Crippen LogP contribution in [-0.4, -0.2) is 31.2 Å². The van der Waals surface area contributed by atoms with Crippen molar-refractivity contribution in [2.45, 2.75) is 51.6 Å². The Labute approximate surface area is 147 Å². The lowest BCUT2D eigenvalue weighted by Crippen LogP contribution is -2.27. The summed E-state index contributed by atoms with van der Waals surface area (Å²) in [5.41, 5.74) is 1.16. The van der Waals surface area contributed by atoms with Crippen LogP contribution in [0.25, 0.3) is 0 Å². The zero-order chi connectivity index (χ0) is 16.8. The Bertz CT molecular complexity index is 527. The highest BCUT2D eigenvalue weighted by Gasteiger charge is 2.24. The molecule has 0 spiro atoms. The standard InChI is InChI=1S/C18H26BrNO3/c1-13-16(19)5-4-6-17(13)23-15-10-7-14(8-11-15)9-12-18(21)20(2)22-3/h4-6,14-15H,7-12H2,1-3H3. The van der Waals surface area contributed by atoms with Crippen LogP contribution in [0.4, 0.5) is 0 Å². The molecule has 1 aromatic rings. The van der Waals surface area contributed by atoms with Gasteiger partial charge in [0, 0.05) is 23.5 Å². The van der Waals surface area contributed by atoms with E-state index in [-0.39, 0.29) is 12.0 Å². The summed E-state index contributed by atoms with van der Waals surface area (Å²) in [6, 6.07) is 6.08. The van der Waals surface area contributed by atoms with Crippen molar-refractivity contribution in [1.82, 2.24) is 5.06 Å². The first kappa shape index (κ1) is 18.3. The topological polar surface area (TPSA) is 38.8 Å². The van der Waals surface area contributed by atoms with Crippen molar-refractivity contribution in [1.29, 1.82) is 0 Å². The summed E-state index contributed by atoms with van der Waals surface area (Å²) in [5, 5.41) is 1.31. The van der Waals surface area contributed by atoms with Gasteiger partial charge in [0.05, 0.1) is 13.2 Å². The monoisotopic (exact) mass is 383 g/mol. The molecule has 1 fully saturated rings. The van der Waals surface area contributed by atoms with Crippen molar-refractivity contribution >= 4 is 21.8 Å². The molecule has 2 rings (SSSR count). The first-order valence-corrected chi connectivity index (χ1v) is 9.03. The second kappa shape index (κ2) is 8.69. The summed E-state index contributed by atoms with van der Waals surface area (Å²) >= 11 is 3.55. The summed E-state index contributed by atoms with van der Waals surface area (Å²) in [6.45, 7) is 2.07. The van der Waals surface area contributed by atoms with E-state index in [2.05, 4.69) is 22.9 Å². The zero-order valence-electron chi connectivity index (χ0n) is 14.2. The third kappa shape index (κ3) is 5.21. The van der Waals surface area contributed by atoms with Crippen LogP contribution in [0.3, 0.4) is 0 Å². The number of amides is 1. The Hall–Kier alpha value is -1.07. The third-order valence-electron chi connectivity index (χ3n) is 4.70. The molecule has 1 aromatic carbocycles. The van der Waals surface area contributed by atoms with Crippen LogP contribution >= 0.6 is 15.9 Å². The molecule has 0 atom stereocenters. The Morgan fingerprint density at radius 3 is 2.65 bits per heavy atom. The minimum absolute atomic E-state index is 0.0515. The minimum Gasteiger partial charge on any atom is -0.490 e. The van der Waals surface area contributed by atoms with Gasteiger partial charge in [-0.15, -0.1) is 0 Å². The van der Waals surface area contributed by atoms with Crippen LogP contribution in [0.2, 0.25) is 0 Å². The van der Waals surface area contributed by atoms with E-state index in [0.717, 1.165) is 47.9 Å². The molecule has 0 unspecified atom stereocenters. The molecule has 1 saturated carbocycles. The second-order valence-corrected chi connectivity index (χ2v) is 7.09. The van der Waals surface area contributed by atoms with Crippen molar-refractivity contribution in [2.24, 2.45) is 5.92 Å². The maximum absolute atomic E-state index is 11.8. The van der Waals surface area contributed by atoms with Gasteiger partial charge in [-0.25, -0.2) is 5.06 Å². The van der Waals surface area contributed by atoms with E-state index < -0.39 is 0 Å². The van der Waals surface area contributed by atoms with Crippen molar-refractivity contribution < 1.29 is 14.4 Å². The normalized spacial score (nSPS) is 21.0. The molecule has 0 aliphatic heterocycles. The second-order valence-electron chi connectivity index (χ2n) is 6.24. The number of halogens is 1. The number of hydroxylamine groups is 2. The number of rotatable bonds is 6. The average molecular weight is 384 g/mol. The molecule has 0 bridgehead atoms. The fourth-order valence-corrected chi connectivity index (χ4v) is 3.37. The number of benzene rings is 1. The van der Waals surface area contributed by atoms with Gasteiger partial charge in [0.2, 0.25) is 5.91 Å². The lowest BCUT2D eigenvalue weighted by molar-refractivity contribution is -0.169. The fraction of sp³-hybridized carbons (Fsp3) is 0.611. The Morgan fingerprint density at radius 2 is 2.00 bits per heavy atom. The molecule has 4 nitrogen and oxygen atoms in total. The van der Waals surface area contributed by atoms with E-state index in [0.29, 0.717) is 12.3 Å². The van der Waals surface area contributed by atoms with Crippen LogP contribution in [0, 0.1) is 12.8 Å². The molecule has 1 amide bonds. The van der Waals surface area contributed by atoms with Crippen molar-refractivity contribution in [3.05, 3.63) is 28.2 Å². The first-order chi connectivity index (χ1) is 11.0.